The van der Waals surface area contributed by atoms with Crippen LogP contribution in [-0.2, 0) is 0 Å². The minimum Gasteiger partial charge on any atom is -0.267 e. The Morgan fingerprint density at radius 2 is 2.04 bits per heavy atom. The van der Waals surface area contributed by atoms with Gasteiger partial charge in [0, 0.05) is 20.6 Å². The van der Waals surface area contributed by atoms with E-state index in [1.165, 1.54) is 23.9 Å². The van der Waals surface area contributed by atoms with Crippen molar-refractivity contribution in [3.8, 4) is 0 Å². The molecule has 128 valence electrons. The summed E-state index contributed by atoms with van der Waals surface area (Å²) in [5.41, 5.74) is 0.677. The van der Waals surface area contributed by atoms with Crippen molar-refractivity contribution in [1.29, 1.82) is 0 Å². The van der Waals surface area contributed by atoms with Crippen LogP contribution in [0.1, 0.15) is 48.7 Å². The lowest BCUT2D eigenvalue weighted by atomic mass is 9.88. The molecule has 0 atom stereocenters. The Hall–Kier alpha value is -1.79. The summed E-state index contributed by atoms with van der Waals surface area (Å²) in [7, 11) is 0. The van der Waals surface area contributed by atoms with Gasteiger partial charge in [-0.3, -0.25) is 4.79 Å². The van der Waals surface area contributed by atoms with Gasteiger partial charge in [0.1, 0.15) is 5.82 Å². The van der Waals surface area contributed by atoms with Crippen molar-refractivity contribution in [3.05, 3.63) is 61.2 Å². The van der Waals surface area contributed by atoms with E-state index in [1.54, 1.807) is 17.6 Å². The molecule has 0 bridgehead atoms. The molecule has 2 heterocycles. The third-order valence-electron chi connectivity index (χ3n) is 4.64. The largest absolute Gasteiger partial charge is 0.282 e. The molecule has 4 rings (SSSR count). The zero-order valence-electron chi connectivity index (χ0n) is 13.7. The van der Waals surface area contributed by atoms with E-state index in [4.69, 9.17) is 4.98 Å². The lowest BCUT2D eigenvalue weighted by Crippen LogP contribution is -2.25. The molecule has 0 radical (unpaired) electrons. The lowest BCUT2D eigenvalue weighted by Gasteiger charge is -2.22. The average Bonchev–Trinajstić information content (AvgIpc) is 3.07. The van der Waals surface area contributed by atoms with E-state index in [2.05, 4.69) is 21.0 Å². The Balaban J connectivity index is 1.85. The van der Waals surface area contributed by atoms with Crippen molar-refractivity contribution in [2.24, 2.45) is 5.10 Å². The molecule has 6 heteroatoms. The molecule has 2 aromatic heterocycles. The van der Waals surface area contributed by atoms with Gasteiger partial charge in [0.25, 0.3) is 5.56 Å². The number of rotatable bonds is 3. The number of halogens is 1. The van der Waals surface area contributed by atoms with Gasteiger partial charge in [0.15, 0.2) is 0 Å². The number of para-hydroxylation sites is 1. The second-order valence-corrected chi connectivity index (χ2v) is 8.21. The van der Waals surface area contributed by atoms with Crippen LogP contribution in [0.25, 0.3) is 10.9 Å². The van der Waals surface area contributed by atoms with Crippen LogP contribution in [0, 0.1) is 0 Å². The minimum atomic E-state index is -0.0851. The Bertz CT molecular complexity index is 986. The molecule has 0 unspecified atom stereocenters. The molecule has 1 aliphatic rings. The van der Waals surface area contributed by atoms with Crippen LogP contribution < -0.4 is 5.56 Å². The molecule has 1 aromatic carbocycles. The molecular formula is C19H18BrN3OS. The fourth-order valence-electron chi connectivity index (χ4n) is 3.39. The zero-order valence-corrected chi connectivity index (χ0v) is 16.1. The molecule has 0 aliphatic heterocycles. The maximum absolute atomic E-state index is 13.0. The third-order valence-corrected chi connectivity index (χ3v) is 6.27. The highest BCUT2D eigenvalue weighted by atomic mass is 79.9. The first-order valence-corrected chi connectivity index (χ1v) is 10.2. The Morgan fingerprint density at radius 1 is 1.24 bits per heavy atom. The number of nitrogens with zero attached hydrogens (tertiary/aromatic N) is 3. The van der Waals surface area contributed by atoms with E-state index in [0.717, 1.165) is 33.5 Å². The standard InChI is InChI=1S/C19H18BrN3OS/c20-14-10-15(25-12-14)11-21-23-18(13-6-2-1-3-7-13)22-17-9-5-4-8-16(17)19(23)24/h4-5,8-13H,1-3,6-7H2. The van der Waals surface area contributed by atoms with Crippen molar-refractivity contribution >= 4 is 44.4 Å². The molecule has 0 spiro atoms. The Kier molecular flexibility index (Phi) is 4.81. The van der Waals surface area contributed by atoms with Crippen LogP contribution in [0.5, 0.6) is 0 Å². The maximum atomic E-state index is 13.0. The van der Waals surface area contributed by atoms with Crippen molar-refractivity contribution in [1.82, 2.24) is 9.66 Å². The zero-order chi connectivity index (χ0) is 17.2. The van der Waals surface area contributed by atoms with E-state index in [-0.39, 0.29) is 5.56 Å². The summed E-state index contributed by atoms with van der Waals surface area (Å²) in [5, 5.41) is 7.14. The van der Waals surface area contributed by atoms with Gasteiger partial charge in [-0.15, -0.1) is 11.3 Å². The number of hydrogen-bond acceptors (Lipinski definition) is 4. The van der Waals surface area contributed by atoms with Gasteiger partial charge in [-0.1, -0.05) is 31.4 Å². The van der Waals surface area contributed by atoms with Crippen LogP contribution in [0.4, 0.5) is 0 Å². The summed E-state index contributed by atoms with van der Waals surface area (Å²) >= 11 is 5.04. The van der Waals surface area contributed by atoms with Crippen molar-refractivity contribution in [2.45, 2.75) is 38.0 Å². The van der Waals surface area contributed by atoms with Crippen molar-refractivity contribution in [2.75, 3.05) is 0 Å². The predicted molar refractivity (Wildman–Crippen MR) is 107 cm³/mol. The molecule has 0 N–H and O–H groups in total. The summed E-state index contributed by atoms with van der Waals surface area (Å²) in [6, 6.07) is 9.52. The molecular weight excluding hydrogens is 398 g/mol. The van der Waals surface area contributed by atoms with Crippen LogP contribution in [-0.4, -0.2) is 15.9 Å². The van der Waals surface area contributed by atoms with Gasteiger partial charge in [0.2, 0.25) is 0 Å². The quantitative estimate of drug-likeness (QED) is 0.555. The van der Waals surface area contributed by atoms with Gasteiger partial charge < -0.3 is 0 Å². The van der Waals surface area contributed by atoms with Gasteiger partial charge in [0.05, 0.1) is 17.1 Å². The topological polar surface area (TPSA) is 47.2 Å². The molecule has 1 saturated carbocycles. The van der Waals surface area contributed by atoms with Crippen LogP contribution >= 0.6 is 27.3 Å². The summed E-state index contributed by atoms with van der Waals surface area (Å²) in [4.78, 5) is 18.8. The van der Waals surface area contributed by atoms with Gasteiger partial charge in [-0.05, 0) is 47.0 Å². The fraction of sp³-hybridized carbons (Fsp3) is 0.316. The van der Waals surface area contributed by atoms with Gasteiger partial charge in [-0.2, -0.15) is 9.78 Å². The highest BCUT2D eigenvalue weighted by molar-refractivity contribution is 9.10. The van der Waals surface area contributed by atoms with Crippen LogP contribution in [0.3, 0.4) is 0 Å². The second kappa shape index (κ2) is 7.22. The minimum absolute atomic E-state index is 0.0851. The summed E-state index contributed by atoms with van der Waals surface area (Å²) < 4.78 is 2.54. The predicted octanol–water partition coefficient (Wildman–Crippen LogP) is 5.15. The SMILES string of the molecule is O=c1c2ccccc2nc(C2CCCCC2)n1N=Cc1cc(Br)cs1. The monoisotopic (exact) mass is 415 g/mol. The molecule has 1 aliphatic carbocycles. The van der Waals surface area contributed by atoms with E-state index >= 15 is 0 Å². The highest BCUT2D eigenvalue weighted by Gasteiger charge is 2.22. The smallest absolute Gasteiger partial charge is 0.267 e. The number of hydrogen-bond donors (Lipinski definition) is 0. The Labute approximate surface area is 158 Å². The first kappa shape index (κ1) is 16.7. The molecule has 4 nitrogen and oxygen atoms in total. The number of thiophene rings is 1. The fourth-order valence-corrected chi connectivity index (χ4v) is 4.69. The van der Waals surface area contributed by atoms with Gasteiger partial charge >= 0.3 is 0 Å². The average molecular weight is 416 g/mol. The summed E-state index contributed by atoms with van der Waals surface area (Å²) in [6.07, 6.45) is 7.54. The molecule has 25 heavy (non-hydrogen) atoms. The number of aromatic nitrogens is 2. The lowest BCUT2D eigenvalue weighted by molar-refractivity contribution is 0.416. The molecule has 1 fully saturated rings. The Morgan fingerprint density at radius 3 is 2.80 bits per heavy atom. The van der Waals surface area contributed by atoms with E-state index in [0.29, 0.717) is 11.3 Å². The number of benzene rings is 1. The van der Waals surface area contributed by atoms with Crippen molar-refractivity contribution < 1.29 is 0 Å². The van der Waals surface area contributed by atoms with Crippen LogP contribution in [0.2, 0.25) is 0 Å². The van der Waals surface area contributed by atoms with Crippen molar-refractivity contribution in [3.63, 3.8) is 0 Å². The van der Waals surface area contributed by atoms with Crippen LogP contribution in [0.15, 0.2) is 50.1 Å². The first-order valence-electron chi connectivity index (χ1n) is 8.52. The van der Waals surface area contributed by atoms with E-state index < -0.39 is 0 Å². The molecule has 3 aromatic rings. The maximum Gasteiger partial charge on any atom is 0.282 e. The summed E-state index contributed by atoms with van der Waals surface area (Å²) in [5.74, 6) is 1.11. The normalized spacial score (nSPS) is 16.0. The summed E-state index contributed by atoms with van der Waals surface area (Å²) in [6.45, 7) is 0. The first-order chi connectivity index (χ1) is 12.2. The second-order valence-electron chi connectivity index (χ2n) is 6.35. The molecule has 0 saturated heterocycles. The van der Waals surface area contributed by atoms with E-state index in [9.17, 15) is 4.79 Å². The van der Waals surface area contributed by atoms with E-state index in [1.807, 2.05) is 35.7 Å². The highest BCUT2D eigenvalue weighted by Crippen LogP contribution is 2.31. The third kappa shape index (κ3) is 3.46. The van der Waals surface area contributed by atoms with Gasteiger partial charge in [-0.25, -0.2) is 4.98 Å². The number of fused-ring (bicyclic) bond motifs is 1. The molecule has 0 amide bonds.